The molecular formula is C17H20F2N4O4. The van der Waals surface area contributed by atoms with Crippen LogP contribution in [0.3, 0.4) is 0 Å². The summed E-state index contributed by atoms with van der Waals surface area (Å²) < 4.78 is 30.1. The van der Waals surface area contributed by atoms with Gasteiger partial charge in [0, 0.05) is 13.0 Å². The van der Waals surface area contributed by atoms with Crippen LogP contribution in [-0.4, -0.2) is 45.1 Å². The van der Waals surface area contributed by atoms with Gasteiger partial charge in [0.2, 0.25) is 0 Å². The molecule has 0 spiro atoms. The molecule has 1 amide bonds. The minimum atomic E-state index is -2.90. The van der Waals surface area contributed by atoms with Gasteiger partial charge in [0.15, 0.2) is 5.69 Å². The van der Waals surface area contributed by atoms with Gasteiger partial charge in [-0.1, -0.05) is 11.6 Å². The third kappa shape index (κ3) is 6.01. The van der Waals surface area contributed by atoms with Gasteiger partial charge in [-0.2, -0.15) is 8.78 Å². The lowest BCUT2D eigenvalue weighted by molar-refractivity contribution is -0.137. The van der Waals surface area contributed by atoms with Gasteiger partial charge in [-0.15, -0.1) is 5.10 Å². The summed E-state index contributed by atoms with van der Waals surface area (Å²) in [5.74, 6) is -1.19. The van der Waals surface area contributed by atoms with Crippen molar-refractivity contribution in [2.45, 2.75) is 39.2 Å². The number of carbonyl (C=O) groups is 2. The molecule has 2 aromatic rings. The number of halogens is 2. The van der Waals surface area contributed by atoms with Crippen LogP contribution in [0, 0.1) is 6.92 Å². The molecule has 0 aliphatic carbocycles. The molecule has 0 unspecified atom stereocenters. The Kier molecular flexibility index (Phi) is 7.21. The number of ether oxygens (including phenoxy) is 1. The molecule has 0 bridgehead atoms. The van der Waals surface area contributed by atoms with Gasteiger partial charge in [0.1, 0.15) is 5.75 Å². The zero-order valence-corrected chi connectivity index (χ0v) is 14.7. The zero-order chi connectivity index (χ0) is 19.8. The lowest BCUT2D eigenvalue weighted by atomic mass is 10.2. The number of hydrogen-bond donors (Lipinski definition) is 2. The Bertz CT molecular complexity index is 778. The van der Waals surface area contributed by atoms with Crippen molar-refractivity contribution < 1.29 is 28.2 Å². The Labute approximate surface area is 154 Å². The van der Waals surface area contributed by atoms with Gasteiger partial charge in [-0.3, -0.25) is 9.59 Å². The molecule has 2 N–H and O–H groups in total. The summed E-state index contributed by atoms with van der Waals surface area (Å²) in [5, 5.41) is 19.1. The molecule has 0 fully saturated rings. The molecule has 2 rings (SSSR count). The normalized spacial score (nSPS) is 10.8. The van der Waals surface area contributed by atoms with Crippen molar-refractivity contribution >= 4 is 11.9 Å². The fourth-order valence-electron chi connectivity index (χ4n) is 2.42. The molecule has 0 atom stereocenters. The Morgan fingerprint density at radius 3 is 2.56 bits per heavy atom. The smallest absolute Gasteiger partial charge is 0.387 e. The van der Waals surface area contributed by atoms with Crippen molar-refractivity contribution in [1.29, 1.82) is 0 Å². The van der Waals surface area contributed by atoms with Crippen LogP contribution in [0.15, 0.2) is 24.3 Å². The van der Waals surface area contributed by atoms with E-state index >= 15 is 0 Å². The standard InChI is InChI=1S/C17H20F2N4O4/c1-11-15(16(26)20-10-4-2-3-5-14(24)25)21-22-23(11)12-6-8-13(9-7-12)27-17(18)19/h6-9,17H,2-5,10H2,1H3,(H,20,26)(H,24,25). The molecule has 1 heterocycles. The van der Waals surface area contributed by atoms with Gasteiger partial charge in [-0.05, 0) is 44.0 Å². The number of amides is 1. The first kappa shape index (κ1) is 20.3. The van der Waals surface area contributed by atoms with Crippen molar-refractivity contribution in [2.75, 3.05) is 6.54 Å². The number of hydrogen-bond acceptors (Lipinski definition) is 5. The Morgan fingerprint density at radius 2 is 1.93 bits per heavy atom. The summed E-state index contributed by atoms with van der Waals surface area (Å²) in [4.78, 5) is 22.6. The first-order valence-corrected chi connectivity index (χ1v) is 8.36. The molecule has 0 saturated carbocycles. The number of alkyl halides is 2. The molecule has 0 saturated heterocycles. The van der Waals surface area contributed by atoms with Crippen LogP contribution >= 0.6 is 0 Å². The third-order valence-corrected chi connectivity index (χ3v) is 3.77. The van der Waals surface area contributed by atoms with E-state index in [2.05, 4.69) is 20.4 Å². The number of unbranched alkanes of at least 4 members (excludes halogenated alkanes) is 2. The number of benzene rings is 1. The molecule has 0 radical (unpaired) electrons. The van der Waals surface area contributed by atoms with Gasteiger partial charge in [0.25, 0.3) is 5.91 Å². The van der Waals surface area contributed by atoms with Crippen LogP contribution < -0.4 is 10.1 Å². The van der Waals surface area contributed by atoms with Crippen LogP contribution in [0.4, 0.5) is 8.78 Å². The van der Waals surface area contributed by atoms with Crippen molar-refractivity contribution in [1.82, 2.24) is 20.3 Å². The van der Waals surface area contributed by atoms with Crippen molar-refractivity contribution in [3.05, 3.63) is 35.7 Å². The predicted molar refractivity (Wildman–Crippen MR) is 91.2 cm³/mol. The second kappa shape index (κ2) is 9.60. The highest BCUT2D eigenvalue weighted by Crippen LogP contribution is 2.18. The maximum atomic E-state index is 12.2. The SMILES string of the molecule is Cc1c(C(=O)NCCCCCC(=O)O)nnn1-c1ccc(OC(F)F)cc1. The van der Waals surface area contributed by atoms with E-state index < -0.39 is 12.6 Å². The van der Waals surface area contributed by atoms with E-state index in [9.17, 15) is 18.4 Å². The summed E-state index contributed by atoms with van der Waals surface area (Å²) >= 11 is 0. The first-order chi connectivity index (χ1) is 12.9. The van der Waals surface area contributed by atoms with Gasteiger partial charge in [0.05, 0.1) is 11.4 Å². The summed E-state index contributed by atoms with van der Waals surface area (Å²) in [6.45, 7) is -0.821. The topological polar surface area (TPSA) is 106 Å². The second-order valence-electron chi connectivity index (χ2n) is 5.77. The number of aliphatic carboxylic acids is 1. The van der Waals surface area contributed by atoms with Crippen LogP contribution in [0.1, 0.15) is 41.9 Å². The molecule has 0 aliphatic rings. The van der Waals surface area contributed by atoms with Gasteiger partial charge < -0.3 is 15.2 Å². The minimum Gasteiger partial charge on any atom is -0.481 e. The van der Waals surface area contributed by atoms with E-state index in [0.29, 0.717) is 37.2 Å². The summed E-state index contributed by atoms with van der Waals surface area (Å²) in [6, 6.07) is 5.81. The minimum absolute atomic E-state index is 0.0207. The van der Waals surface area contributed by atoms with Crippen molar-refractivity contribution in [2.24, 2.45) is 0 Å². The van der Waals surface area contributed by atoms with E-state index in [1.807, 2.05) is 0 Å². The maximum absolute atomic E-state index is 12.2. The monoisotopic (exact) mass is 382 g/mol. The average Bonchev–Trinajstić information content (AvgIpc) is 2.99. The molecule has 10 heteroatoms. The molecule has 1 aromatic heterocycles. The third-order valence-electron chi connectivity index (χ3n) is 3.77. The highest BCUT2D eigenvalue weighted by Gasteiger charge is 2.17. The number of carbonyl (C=O) groups excluding carboxylic acids is 1. The highest BCUT2D eigenvalue weighted by molar-refractivity contribution is 5.93. The molecular weight excluding hydrogens is 362 g/mol. The number of carboxylic acids is 1. The van der Waals surface area contributed by atoms with Crippen LogP contribution in [0.5, 0.6) is 5.75 Å². The zero-order valence-electron chi connectivity index (χ0n) is 14.7. The lowest BCUT2D eigenvalue weighted by Crippen LogP contribution is -2.25. The van der Waals surface area contributed by atoms with Crippen molar-refractivity contribution in [3.63, 3.8) is 0 Å². The fraction of sp³-hybridized carbons (Fsp3) is 0.412. The van der Waals surface area contributed by atoms with E-state index in [0.717, 1.165) is 0 Å². The van der Waals surface area contributed by atoms with Crippen LogP contribution in [0.2, 0.25) is 0 Å². The van der Waals surface area contributed by atoms with Crippen LogP contribution in [0.25, 0.3) is 5.69 Å². The Morgan fingerprint density at radius 1 is 1.22 bits per heavy atom. The van der Waals surface area contributed by atoms with Crippen LogP contribution in [-0.2, 0) is 4.79 Å². The quantitative estimate of drug-likeness (QED) is 0.612. The first-order valence-electron chi connectivity index (χ1n) is 8.36. The molecule has 8 nitrogen and oxygen atoms in total. The summed E-state index contributed by atoms with van der Waals surface area (Å²) in [7, 11) is 0. The Balaban J connectivity index is 1.92. The van der Waals surface area contributed by atoms with Gasteiger partial charge >= 0.3 is 12.6 Å². The maximum Gasteiger partial charge on any atom is 0.387 e. The number of carboxylic acid groups (broad SMARTS) is 1. The Hall–Kier alpha value is -3.04. The average molecular weight is 382 g/mol. The molecule has 0 aliphatic heterocycles. The van der Waals surface area contributed by atoms with E-state index in [1.54, 1.807) is 6.92 Å². The van der Waals surface area contributed by atoms with Gasteiger partial charge in [-0.25, -0.2) is 4.68 Å². The second-order valence-corrected chi connectivity index (χ2v) is 5.77. The lowest BCUT2D eigenvalue weighted by Gasteiger charge is -2.07. The van der Waals surface area contributed by atoms with E-state index in [4.69, 9.17) is 5.11 Å². The number of aromatic nitrogens is 3. The fourth-order valence-corrected chi connectivity index (χ4v) is 2.42. The molecule has 1 aromatic carbocycles. The highest BCUT2D eigenvalue weighted by atomic mass is 19.3. The summed E-state index contributed by atoms with van der Waals surface area (Å²) in [6.07, 6.45) is 2.04. The van der Waals surface area contributed by atoms with E-state index in [1.165, 1.54) is 28.9 Å². The largest absolute Gasteiger partial charge is 0.481 e. The van der Waals surface area contributed by atoms with E-state index in [-0.39, 0.29) is 23.8 Å². The number of nitrogens with zero attached hydrogens (tertiary/aromatic N) is 3. The number of rotatable bonds is 10. The van der Waals surface area contributed by atoms with Crippen molar-refractivity contribution in [3.8, 4) is 11.4 Å². The molecule has 146 valence electrons. The molecule has 27 heavy (non-hydrogen) atoms. The number of nitrogens with one attached hydrogen (secondary N) is 1. The predicted octanol–water partition coefficient (Wildman–Crippen LogP) is 2.55. The summed E-state index contributed by atoms with van der Waals surface area (Å²) in [5.41, 5.74) is 1.21.